The molecule has 8 nitrogen and oxygen atoms in total. The Morgan fingerprint density at radius 2 is 1.86 bits per heavy atom. The Morgan fingerprint density at radius 3 is 2.54 bits per heavy atom. The van der Waals surface area contributed by atoms with Gasteiger partial charge in [0, 0.05) is 28.6 Å². The molecule has 10 heteroatoms. The zero-order valence-electron chi connectivity index (χ0n) is 18.7. The third-order valence-electron chi connectivity index (χ3n) is 7.10. The molecule has 3 fully saturated rings. The second kappa shape index (κ2) is 9.54. The van der Waals surface area contributed by atoms with Crippen LogP contribution in [0.4, 0.5) is 5.69 Å². The van der Waals surface area contributed by atoms with Gasteiger partial charge in [-0.15, -0.1) is 0 Å². The first-order chi connectivity index (χ1) is 16.9. The van der Waals surface area contributed by atoms with Crippen molar-refractivity contribution >= 4 is 50.9 Å². The summed E-state index contributed by atoms with van der Waals surface area (Å²) in [6, 6.07) is 15.2. The number of aliphatic hydroxyl groups excluding tert-OH is 1. The minimum absolute atomic E-state index is 0.0326. The molecule has 5 rings (SSSR count). The van der Waals surface area contributed by atoms with E-state index in [0.29, 0.717) is 23.7 Å². The summed E-state index contributed by atoms with van der Waals surface area (Å²) in [4.78, 5) is 41.7. The Hall–Kier alpha value is -2.46. The highest BCUT2D eigenvalue weighted by Crippen LogP contribution is 2.60. The lowest BCUT2D eigenvalue weighted by Crippen LogP contribution is -2.54. The van der Waals surface area contributed by atoms with E-state index in [-0.39, 0.29) is 29.8 Å². The second-order valence-corrected chi connectivity index (χ2v) is 10.7. The van der Waals surface area contributed by atoms with Gasteiger partial charge in [0.1, 0.15) is 11.6 Å². The number of fused-ring (bicyclic) bond motifs is 1. The molecule has 3 N–H and O–H groups in total. The molecule has 0 radical (unpaired) electrons. The molecule has 3 unspecified atom stereocenters. The summed E-state index contributed by atoms with van der Waals surface area (Å²) >= 11 is 9.58. The largest absolute Gasteiger partial charge is 0.395 e. The molecule has 0 aliphatic carbocycles. The van der Waals surface area contributed by atoms with Crippen LogP contribution in [-0.2, 0) is 25.7 Å². The summed E-state index contributed by atoms with van der Waals surface area (Å²) in [5.74, 6) is -2.63. The Bertz CT molecular complexity index is 1130. The van der Waals surface area contributed by atoms with Crippen molar-refractivity contribution in [2.75, 3.05) is 18.5 Å². The number of alkyl halides is 1. The van der Waals surface area contributed by atoms with Crippen molar-refractivity contribution in [3.8, 4) is 0 Å². The molecule has 184 valence electrons. The van der Waals surface area contributed by atoms with E-state index >= 15 is 0 Å². The summed E-state index contributed by atoms with van der Waals surface area (Å²) in [6.07, 6.45) is -0.140. The van der Waals surface area contributed by atoms with Gasteiger partial charge in [-0.3, -0.25) is 14.4 Å². The van der Waals surface area contributed by atoms with E-state index in [1.54, 1.807) is 24.3 Å². The maximum Gasteiger partial charge on any atom is 0.250 e. The van der Waals surface area contributed by atoms with Crippen LogP contribution in [0, 0.1) is 11.8 Å². The van der Waals surface area contributed by atoms with Crippen LogP contribution in [0.3, 0.4) is 0 Å². The molecule has 0 saturated carbocycles. The first-order valence-corrected chi connectivity index (χ1v) is 12.8. The topological polar surface area (TPSA) is 108 Å². The Morgan fingerprint density at radius 1 is 1.14 bits per heavy atom. The van der Waals surface area contributed by atoms with Gasteiger partial charge >= 0.3 is 0 Å². The normalized spacial score (nSPS) is 30.9. The molecule has 3 heterocycles. The van der Waals surface area contributed by atoms with Crippen molar-refractivity contribution in [3.05, 3.63) is 65.2 Å². The number of aliphatic hydroxyl groups is 1. The van der Waals surface area contributed by atoms with Crippen LogP contribution in [0.5, 0.6) is 0 Å². The number of hydrogen-bond acceptors (Lipinski definition) is 5. The number of likely N-dealkylation sites (tertiary alicyclic amines) is 1. The zero-order chi connectivity index (χ0) is 24.7. The average Bonchev–Trinajstić information content (AvgIpc) is 3.43. The van der Waals surface area contributed by atoms with E-state index in [1.165, 1.54) is 4.90 Å². The van der Waals surface area contributed by atoms with E-state index in [2.05, 4.69) is 26.6 Å². The molecule has 2 aromatic carbocycles. The number of halogens is 2. The Kier molecular flexibility index (Phi) is 6.61. The maximum absolute atomic E-state index is 13.6. The minimum atomic E-state index is -1.17. The van der Waals surface area contributed by atoms with Gasteiger partial charge in [0.15, 0.2) is 0 Å². The average molecular weight is 563 g/mol. The Balaban J connectivity index is 1.43. The predicted octanol–water partition coefficient (Wildman–Crippen LogP) is 2.34. The Labute approximate surface area is 216 Å². The maximum atomic E-state index is 13.6. The number of hydrogen-bond donors (Lipinski definition) is 3. The molecule has 2 aromatic rings. The number of β-amino-alcohol motifs (C(OH)–C–C–N with tert-alkyl or cyclic N) is 1. The van der Waals surface area contributed by atoms with Crippen LogP contribution >= 0.6 is 27.5 Å². The predicted molar refractivity (Wildman–Crippen MR) is 133 cm³/mol. The molecule has 3 aliphatic heterocycles. The molecule has 3 amide bonds. The van der Waals surface area contributed by atoms with Crippen LogP contribution < -0.4 is 10.6 Å². The van der Waals surface area contributed by atoms with Crippen molar-refractivity contribution in [1.29, 1.82) is 0 Å². The molecule has 1 spiro atoms. The van der Waals surface area contributed by atoms with Crippen molar-refractivity contribution in [2.45, 2.75) is 35.5 Å². The van der Waals surface area contributed by atoms with Gasteiger partial charge in [-0.25, -0.2) is 0 Å². The van der Waals surface area contributed by atoms with Gasteiger partial charge in [0.05, 0.1) is 24.5 Å². The SMILES string of the molecule is O=C(Nc1ccc(Cl)cc1)C1N(CCO)C(=O)[C@@H]2[C@@H](C(=O)NCc3ccccc3)[C@@H]3OC12CC3Br. The fraction of sp³-hybridized carbons (Fsp3) is 0.400. The molecular formula is C25H25BrClN3O5. The standard InChI is InChI=1S/C25H25BrClN3O5/c26-17-12-25-19(18(20(17)35-25)22(32)28-13-14-4-2-1-3-5-14)24(34)30(10-11-31)21(25)23(33)29-16-8-6-15(27)7-9-16/h1-9,17-21,31H,10-13H2,(H,28,32)(H,29,33)/t17?,18-,19+,20-,21?,25?/m1/s1. The van der Waals surface area contributed by atoms with E-state index in [4.69, 9.17) is 16.3 Å². The van der Waals surface area contributed by atoms with Gasteiger partial charge < -0.3 is 25.4 Å². The summed E-state index contributed by atoms with van der Waals surface area (Å²) < 4.78 is 6.39. The number of anilines is 1. The van der Waals surface area contributed by atoms with Gasteiger partial charge in [-0.05, 0) is 36.2 Å². The molecule has 2 bridgehead atoms. The van der Waals surface area contributed by atoms with Gasteiger partial charge in [-0.1, -0.05) is 57.9 Å². The number of carbonyl (C=O) groups is 3. The van der Waals surface area contributed by atoms with Crippen molar-refractivity contribution in [2.24, 2.45) is 11.8 Å². The molecule has 3 saturated heterocycles. The third-order valence-corrected chi connectivity index (χ3v) is 8.20. The third kappa shape index (κ3) is 4.14. The highest BCUT2D eigenvalue weighted by atomic mass is 79.9. The zero-order valence-corrected chi connectivity index (χ0v) is 21.0. The van der Waals surface area contributed by atoms with E-state index in [0.717, 1.165) is 5.56 Å². The molecule has 3 aliphatic rings. The molecular weight excluding hydrogens is 538 g/mol. The highest BCUT2D eigenvalue weighted by Gasteiger charge is 2.76. The van der Waals surface area contributed by atoms with Crippen molar-refractivity contribution in [3.63, 3.8) is 0 Å². The van der Waals surface area contributed by atoms with Crippen LogP contribution in [0.2, 0.25) is 5.02 Å². The number of ether oxygens (including phenoxy) is 1. The van der Waals surface area contributed by atoms with Crippen LogP contribution in [-0.4, -0.2) is 63.5 Å². The van der Waals surface area contributed by atoms with Gasteiger partial charge in [0.25, 0.3) is 0 Å². The summed E-state index contributed by atoms with van der Waals surface area (Å²) in [6.45, 7) is -0.0228. The summed E-state index contributed by atoms with van der Waals surface area (Å²) in [7, 11) is 0. The molecule has 35 heavy (non-hydrogen) atoms. The summed E-state index contributed by atoms with van der Waals surface area (Å²) in [5.41, 5.74) is 0.293. The lowest BCUT2D eigenvalue weighted by molar-refractivity contribution is -0.141. The number of amides is 3. The first-order valence-electron chi connectivity index (χ1n) is 11.5. The minimum Gasteiger partial charge on any atom is -0.395 e. The molecule has 0 aromatic heterocycles. The van der Waals surface area contributed by atoms with E-state index in [9.17, 15) is 19.5 Å². The van der Waals surface area contributed by atoms with Gasteiger partial charge in [0.2, 0.25) is 17.7 Å². The lowest BCUT2D eigenvalue weighted by atomic mass is 9.70. The molecule has 6 atom stereocenters. The van der Waals surface area contributed by atoms with Crippen LogP contribution in [0.1, 0.15) is 12.0 Å². The highest BCUT2D eigenvalue weighted by molar-refractivity contribution is 9.09. The quantitative estimate of drug-likeness (QED) is 0.449. The lowest BCUT2D eigenvalue weighted by Gasteiger charge is -2.34. The number of benzene rings is 2. The van der Waals surface area contributed by atoms with Gasteiger partial charge in [-0.2, -0.15) is 0 Å². The number of nitrogens with one attached hydrogen (secondary N) is 2. The smallest absolute Gasteiger partial charge is 0.250 e. The number of carbonyl (C=O) groups excluding carboxylic acids is 3. The summed E-state index contributed by atoms with van der Waals surface area (Å²) in [5, 5.41) is 16.0. The number of nitrogens with zero attached hydrogens (tertiary/aromatic N) is 1. The monoisotopic (exact) mass is 561 g/mol. The fourth-order valence-corrected chi connectivity index (χ4v) is 6.79. The second-order valence-electron chi connectivity index (χ2n) is 9.12. The first kappa shape index (κ1) is 24.2. The van der Waals surface area contributed by atoms with E-state index in [1.807, 2.05) is 30.3 Å². The van der Waals surface area contributed by atoms with Crippen LogP contribution in [0.25, 0.3) is 0 Å². The van der Waals surface area contributed by atoms with Crippen molar-refractivity contribution < 1.29 is 24.2 Å². The fourth-order valence-electron chi connectivity index (χ4n) is 5.72. The van der Waals surface area contributed by atoms with Crippen molar-refractivity contribution in [1.82, 2.24) is 10.2 Å². The van der Waals surface area contributed by atoms with Crippen LogP contribution in [0.15, 0.2) is 54.6 Å². The number of rotatable bonds is 7. The van der Waals surface area contributed by atoms with E-state index < -0.39 is 35.5 Å².